The average Bonchev–Trinajstić information content (AvgIpc) is 2.35. The van der Waals surface area contributed by atoms with E-state index in [0.717, 1.165) is 0 Å². The number of pyridine rings is 1. The molecule has 4 heteroatoms. The van der Waals surface area contributed by atoms with Gasteiger partial charge in [0.05, 0.1) is 0 Å². The van der Waals surface area contributed by atoms with Crippen molar-refractivity contribution in [2.24, 2.45) is 0 Å². The molecule has 92 valence electrons. The standard InChI is InChI=1S/C14H12FNO2/c1-9-4-3-5-12(14(9)15)18-13-8-11(10(2)17)6-7-16-13/h3-8H,1-2H3. The van der Waals surface area contributed by atoms with Gasteiger partial charge < -0.3 is 4.74 Å². The number of carbonyl (C=O) groups excluding carboxylic acids is 1. The highest BCUT2D eigenvalue weighted by Crippen LogP contribution is 2.25. The third-order valence-corrected chi connectivity index (χ3v) is 2.51. The molecule has 0 bridgehead atoms. The van der Waals surface area contributed by atoms with Crippen LogP contribution < -0.4 is 4.74 Å². The topological polar surface area (TPSA) is 39.2 Å². The van der Waals surface area contributed by atoms with Crippen LogP contribution in [-0.4, -0.2) is 10.8 Å². The molecule has 1 heterocycles. The predicted molar refractivity (Wildman–Crippen MR) is 65.5 cm³/mol. The van der Waals surface area contributed by atoms with Gasteiger partial charge in [0, 0.05) is 17.8 Å². The number of ether oxygens (including phenoxy) is 1. The van der Waals surface area contributed by atoms with Gasteiger partial charge in [-0.25, -0.2) is 9.37 Å². The van der Waals surface area contributed by atoms with Crippen LogP contribution in [0.1, 0.15) is 22.8 Å². The molecule has 0 radical (unpaired) electrons. The van der Waals surface area contributed by atoms with Crippen LogP contribution in [0.3, 0.4) is 0 Å². The summed E-state index contributed by atoms with van der Waals surface area (Å²) in [6.45, 7) is 3.11. The summed E-state index contributed by atoms with van der Waals surface area (Å²) in [6, 6.07) is 7.94. The van der Waals surface area contributed by atoms with Crippen molar-refractivity contribution in [2.75, 3.05) is 0 Å². The highest BCUT2D eigenvalue weighted by molar-refractivity contribution is 5.94. The highest BCUT2D eigenvalue weighted by atomic mass is 19.1. The minimum Gasteiger partial charge on any atom is -0.436 e. The number of nitrogens with zero attached hydrogens (tertiary/aromatic N) is 1. The van der Waals surface area contributed by atoms with E-state index >= 15 is 0 Å². The molecular weight excluding hydrogens is 233 g/mol. The summed E-state index contributed by atoms with van der Waals surface area (Å²) < 4.78 is 19.1. The summed E-state index contributed by atoms with van der Waals surface area (Å²) in [5.74, 6) is -0.213. The Morgan fingerprint density at radius 2 is 2.11 bits per heavy atom. The zero-order chi connectivity index (χ0) is 13.1. The number of carbonyl (C=O) groups is 1. The summed E-state index contributed by atoms with van der Waals surface area (Å²) in [4.78, 5) is 15.2. The quantitative estimate of drug-likeness (QED) is 0.776. The number of hydrogen-bond donors (Lipinski definition) is 0. The summed E-state index contributed by atoms with van der Waals surface area (Å²) in [5.41, 5.74) is 0.975. The molecule has 0 saturated heterocycles. The number of ketones is 1. The fourth-order valence-electron chi connectivity index (χ4n) is 1.50. The third-order valence-electron chi connectivity index (χ3n) is 2.51. The van der Waals surface area contributed by atoms with E-state index in [-0.39, 0.29) is 17.4 Å². The number of aromatic nitrogens is 1. The molecule has 1 aromatic carbocycles. The lowest BCUT2D eigenvalue weighted by atomic mass is 10.2. The van der Waals surface area contributed by atoms with Crippen molar-refractivity contribution in [3.8, 4) is 11.6 Å². The first-order chi connectivity index (χ1) is 8.58. The number of halogens is 1. The Hall–Kier alpha value is -2.23. The number of rotatable bonds is 3. The minimum absolute atomic E-state index is 0.0908. The van der Waals surface area contributed by atoms with Gasteiger partial charge in [-0.3, -0.25) is 4.79 Å². The first-order valence-electron chi connectivity index (χ1n) is 5.48. The lowest BCUT2D eigenvalue weighted by molar-refractivity contribution is 0.101. The van der Waals surface area contributed by atoms with Gasteiger partial charge >= 0.3 is 0 Å². The third kappa shape index (κ3) is 2.53. The molecule has 0 aliphatic rings. The zero-order valence-electron chi connectivity index (χ0n) is 10.1. The van der Waals surface area contributed by atoms with Crippen LogP contribution in [0, 0.1) is 12.7 Å². The minimum atomic E-state index is -0.424. The van der Waals surface area contributed by atoms with E-state index in [4.69, 9.17) is 4.74 Å². The van der Waals surface area contributed by atoms with Crippen molar-refractivity contribution in [2.45, 2.75) is 13.8 Å². The average molecular weight is 245 g/mol. The van der Waals surface area contributed by atoms with Gasteiger partial charge in [-0.05, 0) is 31.5 Å². The van der Waals surface area contributed by atoms with Crippen molar-refractivity contribution in [1.82, 2.24) is 4.98 Å². The van der Waals surface area contributed by atoms with Crippen molar-refractivity contribution >= 4 is 5.78 Å². The number of aryl methyl sites for hydroxylation is 1. The molecule has 0 saturated carbocycles. The largest absolute Gasteiger partial charge is 0.436 e. The van der Waals surface area contributed by atoms with Gasteiger partial charge in [-0.1, -0.05) is 12.1 Å². The van der Waals surface area contributed by atoms with E-state index in [1.54, 1.807) is 25.1 Å². The van der Waals surface area contributed by atoms with E-state index in [0.29, 0.717) is 11.1 Å². The predicted octanol–water partition coefficient (Wildman–Crippen LogP) is 3.52. The first kappa shape index (κ1) is 12.2. The second kappa shape index (κ2) is 4.96. The van der Waals surface area contributed by atoms with Crippen LogP contribution in [-0.2, 0) is 0 Å². The van der Waals surface area contributed by atoms with Gasteiger partial charge in [0.15, 0.2) is 17.3 Å². The first-order valence-corrected chi connectivity index (χ1v) is 5.48. The summed E-state index contributed by atoms with van der Waals surface area (Å²) in [7, 11) is 0. The van der Waals surface area contributed by atoms with E-state index in [2.05, 4.69) is 4.98 Å². The molecule has 0 fully saturated rings. The number of benzene rings is 1. The van der Waals surface area contributed by atoms with Gasteiger partial charge in [0.2, 0.25) is 5.88 Å². The summed E-state index contributed by atoms with van der Waals surface area (Å²) in [5, 5.41) is 0. The fraction of sp³-hybridized carbons (Fsp3) is 0.143. The maximum atomic E-state index is 13.7. The molecule has 0 spiro atoms. The van der Waals surface area contributed by atoms with Gasteiger partial charge in [-0.15, -0.1) is 0 Å². The molecule has 0 atom stereocenters. The Kier molecular flexibility index (Phi) is 3.37. The van der Waals surface area contributed by atoms with Crippen LogP contribution in [0.4, 0.5) is 4.39 Å². The normalized spacial score (nSPS) is 10.2. The molecule has 0 amide bonds. The number of Topliss-reactive ketones (excluding diaryl/α,β-unsaturated/α-hetero) is 1. The van der Waals surface area contributed by atoms with E-state index in [9.17, 15) is 9.18 Å². The summed E-state index contributed by atoms with van der Waals surface area (Å²) in [6.07, 6.45) is 1.46. The molecular formula is C14H12FNO2. The maximum absolute atomic E-state index is 13.7. The van der Waals surface area contributed by atoms with Crippen molar-refractivity contribution in [3.05, 3.63) is 53.5 Å². The van der Waals surface area contributed by atoms with E-state index in [1.807, 2.05) is 0 Å². The molecule has 1 aromatic heterocycles. The number of hydrogen-bond acceptors (Lipinski definition) is 3. The monoisotopic (exact) mass is 245 g/mol. The second-order valence-corrected chi connectivity index (χ2v) is 3.93. The Morgan fingerprint density at radius 1 is 1.33 bits per heavy atom. The molecule has 2 rings (SSSR count). The molecule has 3 nitrogen and oxygen atoms in total. The van der Waals surface area contributed by atoms with Crippen molar-refractivity contribution in [1.29, 1.82) is 0 Å². The fourth-order valence-corrected chi connectivity index (χ4v) is 1.50. The Morgan fingerprint density at radius 3 is 2.83 bits per heavy atom. The molecule has 2 aromatic rings. The summed E-state index contributed by atoms with van der Waals surface area (Å²) >= 11 is 0. The lowest BCUT2D eigenvalue weighted by Crippen LogP contribution is -1.96. The molecule has 0 aliphatic carbocycles. The molecule has 0 N–H and O–H groups in total. The molecule has 18 heavy (non-hydrogen) atoms. The van der Waals surface area contributed by atoms with E-state index < -0.39 is 5.82 Å². The van der Waals surface area contributed by atoms with Gasteiger partial charge in [0.25, 0.3) is 0 Å². The smallest absolute Gasteiger partial charge is 0.220 e. The Labute approximate surface area is 104 Å². The van der Waals surface area contributed by atoms with Crippen LogP contribution in [0.15, 0.2) is 36.5 Å². The van der Waals surface area contributed by atoms with Crippen LogP contribution >= 0.6 is 0 Å². The van der Waals surface area contributed by atoms with Crippen LogP contribution in [0.5, 0.6) is 11.6 Å². The highest BCUT2D eigenvalue weighted by Gasteiger charge is 2.09. The van der Waals surface area contributed by atoms with Crippen LogP contribution in [0.25, 0.3) is 0 Å². The van der Waals surface area contributed by atoms with E-state index in [1.165, 1.54) is 25.3 Å². The zero-order valence-corrected chi connectivity index (χ0v) is 10.1. The SMILES string of the molecule is CC(=O)c1ccnc(Oc2cccc(C)c2F)c1. The maximum Gasteiger partial charge on any atom is 0.220 e. The van der Waals surface area contributed by atoms with Gasteiger partial charge in [0.1, 0.15) is 0 Å². The van der Waals surface area contributed by atoms with Crippen molar-refractivity contribution in [3.63, 3.8) is 0 Å². The van der Waals surface area contributed by atoms with Crippen LogP contribution in [0.2, 0.25) is 0 Å². The molecule has 0 unspecified atom stereocenters. The molecule has 0 aliphatic heterocycles. The Bertz CT molecular complexity index is 596. The van der Waals surface area contributed by atoms with Gasteiger partial charge in [-0.2, -0.15) is 0 Å². The lowest BCUT2D eigenvalue weighted by Gasteiger charge is -2.07. The van der Waals surface area contributed by atoms with Crippen molar-refractivity contribution < 1.29 is 13.9 Å². The second-order valence-electron chi connectivity index (χ2n) is 3.93. The Balaban J connectivity index is 2.31.